The van der Waals surface area contributed by atoms with Gasteiger partial charge >= 0.3 is 0 Å². The van der Waals surface area contributed by atoms with E-state index in [1.54, 1.807) is 0 Å². The molecule has 1 saturated carbocycles. The summed E-state index contributed by atoms with van der Waals surface area (Å²) in [4.78, 5) is 2.55. The lowest BCUT2D eigenvalue weighted by molar-refractivity contribution is 0.203. The molecule has 2 nitrogen and oxygen atoms in total. The molecule has 0 bridgehead atoms. The normalized spacial score (nSPS) is 15.8. The summed E-state index contributed by atoms with van der Waals surface area (Å²) in [5.41, 5.74) is 2.34. The average molecular weight is 233 g/mol. The maximum atomic E-state index is 9.02. The molecule has 1 aromatic rings. The molecule has 2 rings (SSSR count). The van der Waals surface area contributed by atoms with Gasteiger partial charge in [-0.2, -0.15) is 0 Å². The van der Waals surface area contributed by atoms with Crippen molar-refractivity contribution in [3.05, 3.63) is 35.4 Å². The Morgan fingerprint density at radius 2 is 1.76 bits per heavy atom. The summed E-state index contributed by atoms with van der Waals surface area (Å²) in [5.74, 6) is 0.939. The summed E-state index contributed by atoms with van der Waals surface area (Å²) < 4.78 is 0. The molecule has 1 N–H and O–H groups in total. The zero-order valence-electron chi connectivity index (χ0n) is 10.9. The van der Waals surface area contributed by atoms with Crippen LogP contribution in [0.4, 0.5) is 0 Å². The Morgan fingerprint density at radius 3 is 2.24 bits per heavy atom. The highest BCUT2D eigenvalue weighted by Gasteiger charge is 2.25. The summed E-state index contributed by atoms with van der Waals surface area (Å²) in [6, 6.07) is 8.91. The van der Waals surface area contributed by atoms with E-state index in [-0.39, 0.29) is 6.61 Å². The first-order valence-corrected chi connectivity index (χ1v) is 6.61. The lowest BCUT2D eigenvalue weighted by atomic mass is 10.1. The van der Waals surface area contributed by atoms with Crippen molar-refractivity contribution in [1.29, 1.82) is 0 Å². The molecule has 1 fully saturated rings. The highest BCUT2D eigenvalue weighted by atomic mass is 16.3. The van der Waals surface area contributed by atoms with Crippen LogP contribution in [0.3, 0.4) is 0 Å². The minimum absolute atomic E-state index is 0.135. The number of hydrogen-bond donors (Lipinski definition) is 1. The second kappa shape index (κ2) is 5.65. The predicted molar refractivity (Wildman–Crippen MR) is 70.6 cm³/mol. The van der Waals surface area contributed by atoms with E-state index in [9.17, 15) is 0 Å². The minimum atomic E-state index is 0.135. The van der Waals surface area contributed by atoms with E-state index < -0.39 is 0 Å². The molecule has 0 radical (unpaired) electrons. The summed E-state index contributed by atoms with van der Waals surface area (Å²) in [5, 5.41) is 9.02. The Labute approximate surface area is 104 Å². The second-order valence-electron chi connectivity index (χ2n) is 5.44. The van der Waals surface area contributed by atoms with Crippen LogP contribution in [0, 0.1) is 5.92 Å². The Morgan fingerprint density at radius 1 is 1.18 bits per heavy atom. The minimum Gasteiger partial charge on any atom is -0.392 e. The van der Waals surface area contributed by atoms with Gasteiger partial charge in [0.1, 0.15) is 0 Å². The Kier molecular flexibility index (Phi) is 4.19. The van der Waals surface area contributed by atoms with Crippen molar-refractivity contribution in [3.63, 3.8) is 0 Å². The molecule has 0 heterocycles. The van der Waals surface area contributed by atoms with Crippen LogP contribution in [0.5, 0.6) is 0 Å². The first-order valence-electron chi connectivity index (χ1n) is 6.61. The molecule has 0 aliphatic heterocycles. The predicted octanol–water partition coefficient (Wildman–Crippen LogP) is 2.80. The fraction of sp³-hybridized carbons (Fsp3) is 0.600. The largest absolute Gasteiger partial charge is 0.392 e. The van der Waals surface area contributed by atoms with Gasteiger partial charge in [-0.25, -0.2) is 0 Å². The van der Waals surface area contributed by atoms with Crippen molar-refractivity contribution < 1.29 is 5.11 Å². The van der Waals surface area contributed by atoms with E-state index in [0.29, 0.717) is 6.04 Å². The molecule has 0 spiro atoms. The van der Waals surface area contributed by atoms with E-state index in [1.165, 1.54) is 24.9 Å². The Balaban J connectivity index is 1.95. The number of aliphatic hydroxyl groups excluding tert-OH is 1. The zero-order chi connectivity index (χ0) is 12.3. The fourth-order valence-electron chi connectivity index (χ4n) is 2.07. The van der Waals surface area contributed by atoms with E-state index in [1.807, 2.05) is 12.1 Å². The number of hydrogen-bond acceptors (Lipinski definition) is 2. The molecule has 1 aliphatic rings. The van der Waals surface area contributed by atoms with Crippen molar-refractivity contribution in [2.45, 2.75) is 45.9 Å². The summed E-state index contributed by atoms with van der Waals surface area (Å²) in [6.45, 7) is 6.94. The molecule has 0 amide bonds. The molecule has 0 aromatic heterocycles. The van der Waals surface area contributed by atoms with Gasteiger partial charge in [0.05, 0.1) is 6.61 Å². The van der Waals surface area contributed by atoms with Crippen LogP contribution < -0.4 is 0 Å². The third-order valence-electron chi connectivity index (χ3n) is 3.51. The van der Waals surface area contributed by atoms with Crippen LogP contribution >= 0.6 is 0 Å². The maximum absolute atomic E-state index is 9.02. The van der Waals surface area contributed by atoms with Gasteiger partial charge in [0, 0.05) is 19.1 Å². The van der Waals surface area contributed by atoms with Crippen LogP contribution in [0.15, 0.2) is 24.3 Å². The van der Waals surface area contributed by atoms with Crippen molar-refractivity contribution in [1.82, 2.24) is 4.90 Å². The van der Waals surface area contributed by atoms with Crippen LogP contribution in [0.2, 0.25) is 0 Å². The lowest BCUT2D eigenvalue weighted by Gasteiger charge is -2.26. The highest BCUT2D eigenvalue weighted by Crippen LogP contribution is 2.30. The molecule has 0 atom stereocenters. The van der Waals surface area contributed by atoms with Gasteiger partial charge in [0.25, 0.3) is 0 Å². The third-order valence-corrected chi connectivity index (χ3v) is 3.51. The molecule has 17 heavy (non-hydrogen) atoms. The van der Waals surface area contributed by atoms with E-state index in [4.69, 9.17) is 5.11 Å². The summed E-state index contributed by atoms with van der Waals surface area (Å²) in [7, 11) is 0. The van der Waals surface area contributed by atoms with Gasteiger partial charge in [0.15, 0.2) is 0 Å². The van der Waals surface area contributed by atoms with Crippen molar-refractivity contribution >= 4 is 0 Å². The summed E-state index contributed by atoms with van der Waals surface area (Å²) >= 11 is 0. The first kappa shape index (κ1) is 12.6. The van der Waals surface area contributed by atoms with Crippen LogP contribution in [0.1, 0.15) is 37.8 Å². The van der Waals surface area contributed by atoms with Gasteiger partial charge in [-0.1, -0.05) is 24.3 Å². The quantitative estimate of drug-likeness (QED) is 0.816. The molecular formula is C15H23NO. The molecule has 1 aromatic carbocycles. The van der Waals surface area contributed by atoms with E-state index >= 15 is 0 Å². The highest BCUT2D eigenvalue weighted by molar-refractivity contribution is 5.21. The van der Waals surface area contributed by atoms with Crippen LogP contribution in [-0.2, 0) is 13.2 Å². The Bertz CT molecular complexity index is 340. The van der Waals surface area contributed by atoms with Crippen molar-refractivity contribution in [2.75, 3.05) is 6.54 Å². The number of nitrogens with zero attached hydrogens (tertiary/aromatic N) is 1. The monoisotopic (exact) mass is 233 g/mol. The van der Waals surface area contributed by atoms with Gasteiger partial charge < -0.3 is 5.11 Å². The first-order chi connectivity index (χ1) is 8.19. The standard InChI is InChI=1S/C15H23NO/c1-12(2)16(9-13-3-4-13)10-14-5-7-15(11-17)8-6-14/h5-8,12-13,17H,3-4,9-11H2,1-2H3. The maximum Gasteiger partial charge on any atom is 0.0681 e. The van der Waals surface area contributed by atoms with Crippen LogP contribution in [0.25, 0.3) is 0 Å². The molecule has 0 unspecified atom stereocenters. The van der Waals surface area contributed by atoms with Crippen molar-refractivity contribution in [2.24, 2.45) is 5.92 Å². The summed E-state index contributed by atoms with van der Waals surface area (Å²) in [6.07, 6.45) is 2.82. The number of benzene rings is 1. The van der Waals surface area contributed by atoms with E-state index in [0.717, 1.165) is 18.0 Å². The molecular weight excluding hydrogens is 210 g/mol. The molecule has 2 heteroatoms. The Hall–Kier alpha value is -0.860. The smallest absolute Gasteiger partial charge is 0.0681 e. The molecule has 0 saturated heterocycles. The number of aliphatic hydroxyl groups is 1. The average Bonchev–Trinajstić information content (AvgIpc) is 3.13. The molecule has 1 aliphatic carbocycles. The van der Waals surface area contributed by atoms with Gasteiger partial charge in [-0.05, 0) is 43.7 Å². The second-order valence-corrected chi connectivity index (χ2v) is 5.44. The van der Waals surface area contributed by atoms with Gasteiger partial charge in [-0.3, -0.25) is 4.90 Å². The SMILES string of the molecule is CC(C)N(Cc1ccc(CO)cc1)CC1CC1. The fourth-order valence-corrected chi connectivity index (χ4v) is 2.07. The number of rotatable bonds is 6. The van der Waals surface area contributed by atoms with Gasteiger partial charge in [0.2, 0.25) is 0 Å². The van der Waals surface area contributed by atoms with Crippen molar-refractivity contribution in [3.8, 4) is 0 Å². The zero-order valence-corrected chi connectivity index (χ0v) is 10.9. The van der Waals surface area contributed by atoms with Gasteiger partial charge in [-0.15, -0.1) is 0 Å². The molecule has 94 valence electrons. The van der Waals surface area contributed by atoms with Crippen LogP contribution in [-0.4, -0.2) is 22.6 Å². The lowest BCUT2D eigenvalue weighted by Crippen LogP contribution is -2.32. The van der Waals surface area contributed by atoms with E-state index in [2.05, 4.69) is 30.9 Å². The topological polar surface area (TPSA) is 23.5 Å². The third kappa shape index (κ3) is 3.83.